The van der Waals surface area contributed by atoms with Crippen molar-refractivity contribution >= 4 is 5.84 Å². The Hall–Kier alpha value is -0.770. The Labute approximate surface area is 112 Å². The Bertz CT molecular complexity index is 227. The van der Waals surface area contributed by atoms with Crippen molar-refractivity contribution in [1.29, 1.82) is 0 Å². The maximum absolute atomic E-state index is 8.70. The highest BCUT2D eigenvalue weighted by Gasteiger charge is 2.14. The summed E-state index contributed by atoms with van der Waals surface area (Å²) >= 11 is 0. The summed E-state index contributed by atoms with van der Waals surface area (Å²) in [5.74, 6) is 1.86. The Morgan fingerprint density at radius 1 is 1.06 bits per heavy atom. The summed E-state index contributed by atoms with van der Waals surface area (Å²) in [4.78, 5) is 2.43. The lowest BCUT2D eigenvalue weighted by Gasteiger charge is -2.26. The number of oxime groups is 1. The maximum atomic E-state index is 8.70. The summed E-state index contributed by atoms with van der Waals surface area (Å²) in [6.45, 7) is 14.0. The van der Waals surface area contributed by atoms with Crippen molar-refractivity contribution in [3.63, 3.8) is 0 Å². The van der Waals surface area contributed by atoms with Crippen molar-refractivity contribution in [2.75, 3.05) is 19.6 Å². The highest BCUT2D eigenvalue weighted by Crippen LogP contribution is 2.09. The van der Waals surface area contributed by atoms with Crippen molar-refractivity contribution in [2.45, 2.75) is 47.5 Å². The molecule has 0 saturated heterocycles. The molecule has 108 valence electrons. The molecule has 0 aromatic rings. The molecule has 0 fully saturated rings. The van der Waals surface area contributed by atoms with Gasteiger partial charge in [0.25, 0.3) is 0 Å². The van der Waals surface area contributed by atoms with E-state index < -0.39 is 0 Å². The second-order valence-corrected chi connectivity index (χ2v) is 6.09. The zero-order valence-corrected chi connectivity index (χ0v) is 12.7. The second-order valence-electron chi connectivity index (χ2n) is 6.09. The molecule has 0 aromatic carbocycles. The molecule has 4 heteroatoms. The summed E-state index contributed by atoms with van der Waals surface area (Å²) in [7, 11) is 0. The summed E-state index contributed by atoms with van der Waals surface area (Å²) in [5, 5.41) is 11.8. The third kappa shape index (κ3) is 8.34. The molecule has 0 aromatic heterocycles. The van der Waals surface area contributed by atoms with Gasteiger partial charge in [-0.3, -0.25) is 0 Å². The molecule has 3 N–H and O–H groups in total. The average molecular weight is 257 g/mol. The Morgan fingerprint density at radius 3 is 1.83 bits per heavy atom. The summed E-state index contributed by atoms with van der Waals surface area (Å²) in [6, 6.07) is 0. The molecule has 0 spiro atoms. The van der Waals surface area contributed by atoms with Crippen molar-refractivity contribution in [3.8, 4) is 0 Å². The average Bonchev–Trinajstić information content (AvgIpc) is 2.30. The topological polar surface area (TPSA) is 61.8 Å². The van der Waals surface area contributed by atoms with Crippen LogP contribution < -0.4 is 5.73 Å². The van der Waals surface area contributed by atoms with Gasteiger partial charge in [-0.15, -0.1) is 0 Å². The fraction of sp³-hybridized carbons (Fsp3) is 0.929. The minimum atomic E-state index is 0.106. The first-order valence-corrected chi connectivity index (χ1v) is 7.06. The monoisotopic (exact) mass is 257 g/mol. The number of amidine groups is 1. The molecule has 0 aliphatic rings. The predicted molar refractivity (Wildman–Crippen MR) is 77.9 cm³/mol. The first-order chi connectivity index (χ1) is 8.36. The van der Waals surface area contributed by atoms with Crippen molar-refractivity contribution in [1.82, 2.24) is 4.90 Å². The second kappa shape index (κ2) is 9.20. The van der Waals surface area contributed by atoms with E-state index >= 15 is 0 Å². The van der Waals surface area contributed by atoms with Gasteiger partial charge in [0.05, 0.1) is 0 Å². The van der Waals surface area contributed by atoms with Crippen LogP contribution in [-0.4, -0.2) is 35.6 Å². The SMILES string of the molecule is CC(C)CCN(CCC(C)C)CC(C)C(N)=NO. The lowest BCUT2D eigenvalue weighted by atomic mass is 10.1. The highest BCUT2D eigenvalue weighted by atomic mass is 16.4. The Balaban J connectivity index is 4.27. The van der Waals surface area contributed by atoms with Gasteiger partial charge < -0.3 is 15.8 Å². The van der Waals surface area contributed by atoms with Crippen LogP contribution in [0.2, 0.25) is 0 Å². The van der Waals surface area contributed by atoms with E-state index in [1.54, 1.807) is 0 Å². The molecule has 0 amide bonds. The summed E-state index contributed by atoms with van der Waals surface area (Å²) < 4.78 is 0. The number of rotatable bonds is 9. The molecule has 0 rings (SSSR count). The van der Waals surface area contributed by atoms with E-state index in [0.29, 0.717) is 17.7 Å². The van der Waals surface area contributed by atoms with Crippen LogP contribution in [0.5, 0.6) is 0 Å². The maximum Gasteiger partial charge on any atom is 0.143 e. The van der Waals surface area contributed by atoms with E-state index in [1.165, 1.54) is 12.8 Å². The van der Waals surface area contributed by atoms with Crippen LogP contribution in [0.15, 0.2) is 5.16 Å². The largest absolute Gasteiger partial charge is 0.409 e. The minimum absolute atomic E-state index is 0.106. The Kier molecular flexibility index (Phi) is 8.81. The van der Waals surface area contributed by atoms with Crippen molar-refractivity contribution in [2.24, 2.45) is 28.6 Å². The molecule has 4 nitrogen and oxygen atoms in total. The van der Waals surface area contributed by atoms with E-state index in [0.717, 1.165) is 19.6 Å². The molecule has 0 aliphatic carbocycles. The summed E-state index contributed by atoms with van der Waals surface area (Å²) in [5.41, 5.74) is 5.65. The quantitative estimate of drug-likeness (QED) is 0.289. The lowest BCUT2D eigenvalue weighted by Crippen LogP contribution is -2.36. The zero-order chi connectivity index (χ0) is 14.1. The molecule has 0 heterocycles. The van der Waals surface area contributed by atoms with Gasteiger partial charge in [0.15, 0.2) is 0 Å². The molecule has 1 atom stereocenters. The highest BCUT2D eigenvalue weighted by molar-refractivity contribution is 5.82. The van der Waals surface area contributed by atoms with Crippen LogP contribution in [-0.2, 0) is 0 Å². The standard InChI is InChI=1S/C14H31N3O/c1-11(2)6-8-17(9-7-12(3)4)10-13(5)14(15)16-18/h11-13,18H,6-10H2,1-5H3,(H2,15,16). The smallest absolute Gasteiger partial charge is 0.143 e. The molecule has 0 aliphatic heterocycles. The van der Waals surface area contributed by atoms with E-state index in [1.807, 2.05) is 6.92 Å². The molecular weight excluding hydrogens is 226 g/mol. The molecule has 1 unspecified atom stereocenters. The zero-order valence-electron chi connectivity index (χ0n) is 12.7. The third-order valence-electron chi connectivity index (χ3n) is 3.20. The number of nitrogens with two attached hydrogens (primary N) is 1. The predicted octanol–water partition coefficient (Wildman–Crippen LogP) is 2.76. The molecular formula is C14H31N3O. The molecule has 0 radical (unpaired) electrons. The van der Waals surface area contributed by atoms with Crippen LogP contribution in [0.25, 0.3) is 0 Å². The third-order valence-corrected chi connectivity index (χ3v) is 3.20. The first kappa shape index (κ1) is 17.2. The van der Waals surface area contributed by atoms with Gasteiger partial charge in [-0.05, 0) is 37.8 Å². The van der Waals surface area contributed by atoms with Crippen LogP contribution >= 0.6 is 0 Å². The van der Waals surface area contributed by atoms with Gasteiger partial charge in [-0.1, -0.05) is 39.8 Å². The normalized spacial score (nSPS) is 14.8. The lowest BCUT2D eigenvalue weighted by molar-refractivity contribution is 0.228. The minimum Gasteiger partial charge on any atom is -0.409 e. The van der Waals surface area contributed by atoms with Crippen molar-refractivity contribution < 1.29 is 5.21 Å². The fourth-order valence-electron chi connectivity index (χ4n) is 1.76. The van der Waals surface area contributed by atoms with Crippen LogP contribution in [0.4, 0.5) is 0 Å². The van der Waals surface area contributed by atoms with Crippen LogP contribution in [0, 0.1) is 17.8 Å². The van der Waals surface area contributed by atoms with E-state index in [4.69, 9.17) is 10.9 Å². The number of nitrogens with zero attached hydrogens (tertiary/aromatic N) is 2. The molecule has 0 bridgehead atoms. The number of hydrogen-bond acceptors (Lipinski definition) is 3. The first-order valence-electron chi connectivity index (χ1n) is 7.06. The van der Waals surface area contributed by atoms with Gasteiger partial charge in [0.1, 0.15) is 5.84 Å². The Morgan fingerprint density at radius 2 is 1.50 bits per heavy atom. The van der Waals surface area contributed by atoms with Gasteiger partial charge in [-0.2, -0.15) is 0 Å². The van der Waals surface area contributed by atoms with E-state index in [2.05, 4.69) is 37.8 Å². The molecule has 18 heavy (non-hydrogen) atoms. The number of hydrogen-bond donors (Lipinski definition) is 2. The van der Waals surface area contributed by atoms with Gasteiger partial charge in [-0.25, -0.2) is 0 Å². The molecule has 0 saturated carbocycles. The van der Waals surface area contributed by atoms with Crippen molar-refractivity contribution in [3.05, 3.63) is 0 Å². The fourth-order valence-corrected chi connectivity index (χ4v) is 1.76. The van der Waals surface area contributed by atoms with Crippen LogP contribution in [0.1, 0.15) is 47.5 Å². The van der Waals surface area contributed by atoms with Gasteiger partial charge in [0.2, 0.25) is 0 Å². The van der Waals surface area contributed by atoms with Crippen LogP contribution in [0.3, 0.4) is 0 Å². The summed E-state index contributed by atoms with van der Waals surface area (Å²) in [6.07, 6.45) is 2.39. The van der Waals surface area contributed by atoms with E-state index in [-0.39, 0.29) is 5.92 Å². The van der Waals surface area contributed by atoms with Gasteiger partial charge >= 0.3 is 0 Å². The van der Waals surface area contributed by atoms with E-state index in [9.17, 15) is 0 Å². The van der Waals surface area contributed by atoms with Gasteiger partial charge in [0, 0.05) is 12.5 Å².